The second kappa shape index (κ2) is 11.2. The van der Waals surface area contributed by atoms with Crippen molar-refractivity contribution in [2.24, 2.45) is 0 Å². The van der Waals surface area contributed by atoms with Crippen LogP contribution in [-0.2, 0) is 10.8 Å². The zero-order valence-corrected chi connectivity index (χ0v) is 31.2. The van der Waals surface area contributed by atoms with Crippen LogP contribution in [0.3, 0.4) is 0 Å². The Bertz CT molecular complexity index is 2840. The van der Waals surface area contributed by atoms with E-state index in [0.29, 0.717) is 0 Å². The van der Waals surface area contributed by atoms with E-state index in [9.17, 15) is 0 Å². The van der Waals surface area contributed by atoms with Gasteiger partial charge < -0.3 is 9.32 Å². The Morgan fingerprint density at radius 2 is 1.11 bits per heavy atom. The minimum absolute atomic E-state index is 0.125. The second-order valence-corrected chi connectivity index (χ2v) is 16.4. The first-order valence-electron chi connectivity index (χ1n) is 19.3. The molecule has 0 amide bonds. The molecule has 0 unspecified atom stereocenters. The Labute approximate surface area is 316 Å². The van der Waals surface area contributed by atoms with Gasteiger partial charge in [0.1, 0.15) is 11.2 Å². The average Bonchev–Trinajstić information content (AvgIpc) is 3.78. The molecule has 11 rings (SSSR count). The molecule has 0 saturated carbocycles. The van der Waals surface area contributed by atoms with Gasteiger partial charge in [0.15, 0.2) is 0 Å². The molecule has 0 saturated heterocycles. The molecule has 260 valence electrons. The van der Waals surface area contributed by atoms with Gasteiger partial charge in [0.2, 0.25) is 0 Å². The molecular weight excluding hydrogens is 655 g/mol. The summed E-state index contributed by atoms with van der Waals surface area (Å²) in [5, 5.41) is 4.68. The van der Waals surface area contributed by atoms with Crippen LogP contribution < -0.4 is 4.90 Å². The summed E-state index contributed by atoms with van der Waals surface area (Å²) in [4.78, 5) is 2.49. The Morgan fingerprint density at radius 1 is 0.519 bits per heavy atom. The van der Waals surface area contributed by atoms with Crippen LogP contribution in [0.4, 0.5) is 17.1 Å². The summed E-state index contributed by atoms with van der Waals surface area (Å²) in [6, 6.07) is 49.8. The van der Waals surface area contributed by atoms with Crippen LogP contribution in [0, 0.1) is 0 Å². The maximum atomic E-state index is 6.91. The third-order valence-electron chi connectivity index (χ3n) is 12.7. The van der Waals surface area contributed by atoms with Crippen LogP contribution in [0.15, 0.2) is 156 Å². The fourth-order valence-corrected chi connectivity index (χ4v) is 10.00. The molecule has 1 heterocycles. The van der Waals surface area contributed by atoms with Gasteiger partial charge in [-0.2, -0.15) is 0 Å². The molecule has 0 atom stereocenters. The molecule has 0 fully saturated rings. The minimum atomic E-state index is -0.125. The molecule has 1 aromatic heterocycles. The number of hydrogen-bond acceptors (Lipinski definition) is 2. The van der Waals surface area contributed by atoms with Crippen molar-refractivity contribution in [3.63, 3.8) is 0 Å². The first kappa shape index (κ1) is 31.4. The predicted molar refractivity (Wildman–Crippen MR) is 227 cm³/mol. The van der Waals surface area contributed by atoms with Crippen molar-refractivity contribution in [2.75, 3.05) is 4.90 Å². The summed E-state index contributed by atoms with van der Waals surface area (Å²) < 4.78 is 6.91. The number of rotatable bonds is 4. The van der Waals surface area contributed by atoms with Gasteiger partial charge in [0, 0.05) is 33.0 Å². The largest absolute Gasteiger partial charge is 0.455 e. The van der Waals surface area contributed by atoms with Gasteiger partial charge in [-0.15, -0.1) is 0 Å². The van der Waals surface area contributed by atoms with Gasteiger partial charge in [-0.25, -0.2) is 0 Å². The van der Waals surface area contributed by atoms with Crippen molar-refractivity contribution in [3.05, 3.63) is 180 Å². The Hall–Kier alpha value is -6.12. The van der Waals surface area contributed by atoms with Crippen molar-refractivity contribution < 1.29 is 4.42 Å². The lowest BCUT2D eigenvalue weighted by atomic mass is 9.82. The van der Waals surface area contributed by atoms with Crippen LogP contribution in [0.1, 0.15) is 68.4 Å². The fraction of sp³-hybridized carbons (Fsp3) is 0.154. The van der Waals surface area contributed by atoms with Gasteiger partial charge in [-0.3, -0.25) is 0 Å². The summed E-state index contributed by atoms with van der Waals surface area (Å²) in [5.74, 6) is 0. The van der Waals surface area contributed by atoms with E-state index in [4.69, 9.17) is 4.42 Å². The van der Waals surface area contributed by atoms with Crippen molar-refractivity contribution in [1.29, 1.82) is 0 Å². The Morgan fingerprint density at radius 3 is 1.74 bits per heavy atom. The molecule has 0 aliphatic heterocycles. The zero-order chi connectivity index (χ0) is 36.3. The summed E-state index contributed by atoms with van der Waals surface area (Å²) in [7, 11) is 0. The van der Waals surface area contributed by atoms with E-state index in [1.165, 1.54) is 61.0 Å². The van der Waals surface area contributed by atoms with Crippen LogP contribution in [0.25, 0.3) is 60.5 Å². The highest BCUT2D eigenvalue weighted by Gasteiger charge is 2.38. The molecule has 3 aliphatic carbocycles. The molecule has 3 aliphatic rings. The topological polar surface area (TPSA) is 16.4 Å². The number of allylic oxidation sites excluding steroid dienone is 4. The van der Waals surface area contributed by atoms with Gasteiger partial charge in [0.25, 0.3) is 0 Å². The van der Waals surface area contributed by atoms with Crippen LogP contribution in [0.2, 0.25) is 0 Å². The molecule has 8 aromatic rings. The molecule has 2 nitrogen and oxygen atoms in total. The maximum absolute atomic E-state index is 6.91. The number of nitrogens with zero attached hydrogens (tertiary/aromatic N) is 1. The Kier molecular flexibility index (Phi) is 6.51. The average molecular weight is 696 g/mol. The standard InChI is InChI=1S/C52H41NO/c1-51(2)43-21-12-10-18-36(43)38-27-25-33(29-45(38)51)53(34-26-28-39-37-19-11-13-22-44(37)52(3,4)46(39)30-34)47-23-14-24-48-49(47)42-31-41(32-15-6-5-7-16-32)35-17-8-9-20-40(35)50(42)54-48/h5-6,8-15,17-31H,7,16H2,1-4H3. The monoisotopic (exact) mass is 695 g/mol. The molecule has 0 spiro atoms. The highest BCUT2D eigenvalue weighted by Crippen LogP contribution is 2.54. The predicted octanol–water partition coefficient (Wildman–Crippen LogP) is 14.6. The Balaban J connectivity index is 1.20. The van der Waals surface area contributed by atoms with Gasteiger partial charge >= 0.3 is 0 Å². The van der Waals surface area contributed by atoms with Gasteiger partial charge in [-0.05, 0) is 116 Å². The SMILES string of the molecule is CC1(C)c2ccccc2-c2ccc(N(c3ccc4c(c3)C(C)(C)c3ccccc3-4)c3cccc4oc5c6ccccc6c(C6=CC=CCC6)cc5c34)cc21. The second-order valence-electron chi connectivity index (χ2n) is 16.4. The number of benzene rings is 7. The van der Waals surface area contributed by atoms with Crippen LogP contribution in [-0.4, -0.2) is 0 Å². The smallest absolute Gasteiger partial charge is 0.143 e. The number of furan rings is 1. The zero-order valence-electron chi connectivity index (χ0n) is 31.2. The summed E-state index contributed by atoms with van der Waals surface area (Å²) >= 11 is 0. The normalized spacial score (nSPS) is 16.0. The fourth-order valence-electron chi connectivity index (χ4n) is 10.00. The van der Waals surface area contributed by atoms with Crippen LogP contribution >= 0.6 is 0 Å². The van der Waals surface area contributed by atoms with E-state index in [0.717, 1.165) is 57.2 Å². The molecule has 54 heavy (non-hydrogen) atoms. The highest BCUT2D eigenvalue weighted by molar-refractivity contribution is 6.21. The van der Waals surface area contributed by atoms with E-state index in [2.05, 4.69) is 184 Å². The number of fused-ring (bicyclic) bond motifs is 11. The summed E-state index contributed by atoms with van der Waals surface area (Å²) in [6.07, 6.45) is 8.85. The van der Waals surface area contributed by atoms with Crippen molar-refractivity contribution in [1.82, 2.24) is 0 Å². The lowest BCUT2D eigenvalue weighted by Gasteiger charge is -2.30. The first-order valence-corrected chi connectivity index (χ1v) is 19.3. The van der Waals surface area contributed by atoms with E-state index in [1.807, 2.05) is 0 Å². The number of hydrogen-bond donors (Lipinski definition) is 0. The molecule has 0 bridgehead atoms. The molecule has 0 N–H and O–H groups in total. The first-order chi connectivity index (χ1) is 26.3. The third-order valence-corrected chi connectivity index (χ3v) is 12.7. The van der Waals surface area contributed by atoms with Crippen molar-refractivity contribution in [2.45, 2.75) is 51.4 Å². The summed E-state index contributed by atoms with van der Waals surface area (Å²) in [6.45, 7) is 9.47. The lowest BCUT2D eigenvalue weighted by molar-refractivity contribution is 0.660. The third kappa shape index (κ3) is 4.28. The minimum Gasteiger partial charge on any atom is -0.455 e. The number of anilines is 3. The lowest BCUT2D eigenvalue weighted by Crippen LogP contribution is -2.18. The molecule has 7 aromatic carbocycles. The van der Waals surface area contributed by atoms with E-state index in [-0.39, 0.29) is 10.8 Å². The highest BCUT2D eigenvalue weighted by atomic mass is 16.3. The maximum Gasteiger partial charge on any atom is 0.143 e. The quantitative estimate of drug-likeness (QED) is 0.182. The van der Waals surface area contributed by atoms with Crippen molar-refractivity contribution >= 4 is 55.3 Å². The summed E-state index contributed by atoms with van der Waals surface area (Å²) in [5.41, 5.74) is 18.5. The van der Waals surface area contributed by atoms with Gasteiger partial charge in [-0.1, -0.05) is 137 Å². The van der Waals surface area contributed by atoms with E-state index < -0.39 is 0 Å². The molecule has 2 heteroatoms. The van der Waals surface area contributed by atoms with Crippen LogP contribution in [0.5, 0.6) is 0 Å². The van der Waals surface area contributed by atoms with E-state index >= 15 is 0 Å². The van der Waals surface area contributed by atoms with E-state index in [1.54, 1.807) is 0 Å². The molecule has 0 radical (unpaired) electrons. The van der Waals surface area contributed by atoms with Gasteiger partial charge in [0.05, 0.1) is 11.1 Å². The van der Waals surface area contributed by atoms with Crippen molar-refractivity contribution in [3.8, 4) is 22.3 Å². The molecular formula is C52H41NO.